The minimum Gasteiger partial charge on any atom is -0.496 e. The van der Waals surface area contributed by atoms with E-state index in [1.807, 2.05) is 18.2 Å². The maximum Gasteiger partial charge on any atom is 0.123 e. The van der Waals surface area contributed by atoms with Gasteiger partial charge in [-0.15, -0.1) is 0 Å². The molecule has 3 unspecified atom stereocenters. The summed E-state index contributed by atoms with van der Waals surface area (Å²) in [4.78, 5) is 2.53. The Bertz CT molecular complexity index is 803. The molecule has 0 aromatic heterocycles. The molecule has 0 bridgehead atoms. The van der Waals surface area contributed by atoms with E-state index in [2.05, 4.69) is 53.5 Å². The first kappa shape index (κ1) is 19.2. The molecule has 0 amide bonds. The monoisotopic (exact) mass is 377 g/mol. The number of fused-ring (bicyclic) bond motifs is 1. The summed E-state index contributed by atoms with van der Waals surface area (Å²) in [5, 5.41) is 11.4. The number of ether oxygens (including phenoxy) is 1. The highest BCUT2D eigenvalue weighted by Gasteiger charge is 2.49. The Morgan fingerprint density at radius 3 is 2.68 bits per heavy atom. The SMILES string of the molecule is COc1ccccc1C1C2CCCCC2(O)CCN1CC=Cc1ccccc1. The third-order valence-corrected chi connectivity index (χ3v) is 6.58. The zero-order valence-electron chi connectivity index (χ0n) is 16.8. The first-order chi connectivity index (χ1) is 13.7. The Kier molecular flexibility index (Phi) is 5.84. The molecule has 1 aliphatic carbocycles. The largest absolute Gasteiger partial charge is 0.496 e. The van der Waals surface area contributed by atoms with E-state index in [1.165, 1.54) is 17.5 Å². The Morgan fingerprint density at radius 2 is 1.86 bits per heavy atom. The lowest BCUT2D eigenvalue weighted by molar-refractivity contribution is -0.122. The van der Waals surface area contributed by atoms with Crippen molar-refractivity contribution in [3.63, 3.8) is 0 Å². The van der Waals surface area contributed by atoms with Crippen molar-refractivity contribution in [2.75, 3.05) is 20.2 Å². The molecule has 0 spiro atoms. The molecule has 2 fully saturated rings. The molecule has 148 valence electrons. The lowest BCUT2D eigenvalue weighted by Crippen LogP contribution is -2.54. The fourth-order valence-electron chi connectivity index (χ4n) is 5.16. The molecule has 1 N–H and O–H groups in total. The van der Waals surface area contributed by atoms with Crippen molar-refractivity contribution in [1.29, 1.82) is 0 Å². The van der Waals surface area contributed by atoms with E-state index >= 15 is 0 Å². The number of piperidine rings is 1. The van der Waals surface area contributed by atoms with Gasteiger partial charge in [-0.05, 0) is 30.9 Å². The van der Waals surface area contributed by atoms with Gasteiger partial charge in [0.05, 0.1) is 12.7 Å². The molecule has 28 heavy (non-hydrogen) atoms. The van der Waals surface area contributed by atoms with Crippen LogP contribution >= 0.6 is 0 Å². The molecule has 2 aliphatic rings. The van der Waals surface area contributed by atoms with E-state index in [0.717, 1.165) is 44.5 Å². The van der Waals surface area contributed by atoms with E-state index in [0.29, 0.717) is 0 Å². The summed E-state index contributed by atoms with van der Waals surface area (Å²) in [6.07, 6.45) is 9.66. The van der Waals surface area contributed by atoms with E-state index in [4.69, 9.17) is 4.74 Å². The Hall–Kier alpha value is -2.10. The van der Waals surface area contributed by atoms with E-state index in [-0.39, 0.29) is 12.0 Å². The predicted molar refractivity (Wildman–Crippen MR) is 114 cm³/mol. The number of rotatable bonds is 5. The third-order valence-electron chi connectivity index (χ3n) is 6.58. The van der Waals surface area contributed by atoms with Crippen molar-refractivity contribution in [2.24, 2.45) is 5.92 Å². The van der Waals surface area contributed by atoms with Crippen molar-refractivity contribution in [2.45, 2.75) is 43.7 Å². The number of hydrogen-bond donors (Lipinski definition) is 1. The highest BCUT2D eigenvalue weighted by molar-refractivity contribution is 5.49. The summed E-state index contributed by atoms with van der Waals surface area (Å²) in [5.41, 5.74) is 1.90. The minimum absolute atomic E-state index is 0.190. The van der Waals surface area contributed by atoms with Crippen LogP contribution in [0.2, 0.25) is 0 Å². The maximum atomic E-state index is 11.4. The number of para-hydroxylation sites is 1. The molecule has 1 saturated heterocycles. The lowest BCUT2D eigenvalue weighted by atomic mass is 9.66. The lowest BCUT2D eigenvalue weighted by Gasteiger charge is -2.52. The highest BCUT2D eigenvalue weighted by atomic mass is 16.5. The highest BCUT2D eigenvalue weighted by Crippen LogP contribution is 2.50. The van der Waals surface area contributed by atoms with Gasteiger partial charge in [0.15, 0.2) is 0 Å². The van der Waals surface area contributed by atoms with Crippen LogP contribution in [0.25, 0.3) is 6.08 Å². The number of hydrogen-bond acceptors (Lipinski definition) is 3. The molecule has 1 aliphatic heterocycles. The van der Waals surface area contributed by atoms with Crippen molar-refractivity contribution in [3.05, 3.63) is 71.8 Å². The van der Waals surface area contributed by atoms with Crippen LogP contribution in [0.5, 0.6) is 5.75 Å². The van der Waals surface area contributed by atoms with Gasteiger partial charge in [0.1, 0.15) is 5.75 Å². The van der Waals surface area contributed by atoms with Crippen LogP contribution in [-0.4, -0.2) is 35.8 Å². The average molecular weight is 378 g/mol. The van der Waals surface area contributed by atoms with Gasteiger partial charge < -0.3 is 9.84 Å². The minimum atomic E-state index is -0.538. The third kappa shape index (κ3) is 3.87. The van der Waals surface area contributed by atoms with Crippen LogP contribution in [0, 0.1) is 5.92 Å². The maximum absolute atomic E-state index is 11.4. The second-order valence-electron chi connectivity index (χ2n) is 8.20. The van der Waals surface area contributed by atoms with Crippen LogP contribution < -0.4 is 4.74 Å². The van der Waals surface area contributed by atoms with Gasteiger partial charge >= 0.3 is 0 Å². The molecular weight excluding hydrogens is 346 g/mol. The zero-order valence-corrected chi connectivity index (χ0v) is 16.8. The summed E-state index contributed by atoms with van der Waals surface area (Å²) in [5.74, 6) is 1.19. The molecular formula is C25H31NO2. The molecule has 3 atom stereocenters. The summed E-state index contributed by atoms with van der Waals surface area (Å²) < 4.78 is 5.71. The molecule has 0 radical (unpaired) electrons. The Balaban J connectivity index is 1.63. The summed E-state index contributed by atoms with van der Waals surface area (Å²) in [6, 6.07) is 19.0. The van der Waals surface area contributed by atoms with Gasteiger partial charge in [0, 0.05) is 30.6 Å². The van der Waals surface area contributed by atoms with Gasteiger partial charge in [0.25, 0.3) is 0 Å². The Morgan fingerprint density at radius 1 is 1.07 bits per heavy atom. The number of likely N-dealkylation sites (tertiary alicyclic amines) is 1. The molecule has 4 rings (SSSR count). The van der Waals surface area contributed by atoms with E-state index in [1.54, 1.807) is 7.11 Å². The molecule has 2 aromatic rings. The average Bonchev–Trinajstić information content (AvgIpc) is 2.74. The van der Waals surface area contributed by atoms with Crippen LogP contribution in [0.1, 0.15) is 49.3 Å². The summed E-state index contributed by atoms with van der Waals surface area (Å²) in [7, 11) is 1.74. The standard InChI is InChI=1S/C25H31NO2/c1-28-23-15-6-5-13-21(23)24-22-14-7-8-16-25(22,27)17-19-26(24)18-9-12-20-10-3-2-4-11-20/h2-6,9-13,15,22,24,27H,7-8,14,16-19H2,1H3. The Labute approximate surface area is 168 Å². The number of methoxy groups -OCH3 is 1. The topological polar surface area (TPSA) is 32.7 Å². The second-order valence-corrected chi connectivity index (χ2v) is 8.20. The second kappa shape index (κ2) is 8.50. The fraction of sp³-hybridized carbons (Fsp3) is 0.440. The molecule has 2 aromatic carbocycles. The summed E-state index contributed by atoms with van der Waals surface area (Å²) in [6.45, 7) is 1.79. The van der Waals surface area contributed by atoms with Crippen molar-refractivity contribution in [3.8, 4) is 5.75 Å². The number of benzene rings is 2. The van der Waals surface area contributed by atoms with Crippen LogP contribution in [0.3, 0.4) is 0 Å². The van der Waals surface area contributed by atoms with Gasteiger partial charge in [0.2, 0.25) is 0 Å². The van der Waals surface area contributed by atoms with Crippen molar-refractivity contribution >= 4 is 6.08 Å². The van der Waals surface area contributed by atoms with Gasteiger partial charge in [-0.3, -0.25) is 4.90 Å². The van der Waals surface area contributed by atoms with Gasteiger partial charge in [-0.1, -0.05) is 73.5 Å². The smallest absolute Gasteiger partial charge is 0.123 e. The molecule has 1 saturated carbocycles. The first-order valence-corrected chi connectivity index (χ1v) is 10.5. The first-order valence-electron chi connectivity index (χ1n) is 10.5. The van der Waals surface area contributed by atoms with Gasteiger partial charge in [-0.2, -0.15) is 0 Å². The van der Waals surface area contributed by atoms with Crippen LogP contribution in [-0.2, 0) is 0 Å². The molecule has 3 heteroatoms. The fourth-order valence-corrected chi connectivity index (χ4v) is 5.16. The summed E-state index contributed by atoms with van der Waals surface area (Å²) >= 11 is 0. The molecule has 3 nitrogen and oxygen atoms in total. The van der Waals surface area contributed by atoms with Gasteiger partial charge in [-0.25, -0.2) is 0 Å². The van der Waals surface area contributed by atoms with E-state index < -0.39 is 5.60 Å². The molecule has 1 heterocycles. The number of aliphatic hydroxyl groups is 1. The quantitative estimate of drug-likeness (QED) is 0.789. The van der Waals surface area contributed by atoms with Crippen molar-refractivity contribution < 1.29 is 9.84 Å². The number of nitrogens with zero attached hydrogens (tertiary/aromatic N) is 1. The van der Waals surface area contributed by atoms with E-state index in [9.17, 15) is 5.11 Å². The van der Waals surface area contributed by atoms with Crippen molar-refractivity contribution in [1.82, 2.24) is 4.90 Å². The van der Waals surface area contributed by atoms with Crippen LogP contribution in [0.15, 0.2) is 60.7 Å². The predicted octanol–water partition coefficient (Wildman–Crippen LogP) is 5.08. The zero-order chi connectivity index (χ0) is 19.4. The normalized spacial score (nSPS) is 28.2. The van der Waals surface area contributed by atoms with Crippen LogP contribution in [0.4, 0.5) is 0 Å².